The maximum Gasteiger partial charge on any atom is 0.284 e. The molecule has 35 heteroatoms. The topological polar surface area (TPSA) is 485 Å². The SMILES string of the molecule is O=C(C(=NO)c1ccccc1)c1cc(CCCC(S(=O)(=O)O)S(=O)(=O)O)c(CCCC(S(=O)(=O)O)S(=O)(=O)O)c(CCCC(S(=O)(=O)O)S(=O)(=O)O)c1CCCC(S(=O)(=O)O)S(=O)(=O)O. The fourth-order valence-corrected chi connectivity index (χ4v) is 15.4. The molecule has 0 atom stereocenters. The highest BCUT2D eigenvalue weighted by atomic mass is 32.3. The number of hydrogen-bond acceptors (Lipinski definition) is 19. The molecule has 0 aliphatic rings. The molecule has 0 fully saturated rings. The largest absolute Gasteiger partial charge is 0.410 e. The second-order valence-corrected chi connectivity index (χ2v) is 28.1. The molecule has 9 N–H and O–H groups in total. The molecule has 0 saturated carbocycles. The van der Waals surface area contributed by atoms with Crippen LogP contribution in [0.4, 0.5) is 0 Å². The minimum Gasteiger partial charge on any atom is -0.410 e. The third kappa shape index (κ3) is 17.2. The fraction of sp³-hybridized carbons (Fsp3) is 0.533. The first-order valence-corrected chi connectivity index (χ1v) is 30.0. The Balaban J connectivity index is 3.18. The molecule has 0 amide bonds. The van der Waals surface area contributed by atoms with Crippen molar-refractivity contribution in [1.82, 2.24) is 0 Å². The van der Waals surface area contributed by atoms with Crippen molar-refractivity contribution in [2.75, 3.05) is 0 Å². The molecule has 0 aliphatic carbocycles. The van der Waals surface area contributed by atoms with Crippen LogP contribution < -0.4 is 0 Å². The predicted octanol–water partition coefficient (Wildman–Crippen LogP) is 0.445. The van der Waals surface area contributed by atoms with Crippen LogP contribution in [-0.4, -0.2) is 139 Å². The van der Waals surface area contributed by atoms with Crippen molar-refractivity contribution in [3.8, 4) is 0 Å². The van der Waals surface area contributed by atoms with Crippen LogP contribution in [-0.2, 0) is 107 Å². The van der Waals surface area contributed by atoms with E-state index in [0.717, 1.165) is 6.07 Å². The zero-order valence-corrected chi connectivity index (χ0v) is 39.5. The Morgan fingerprint density at radius 3 is 1.03 bits per heavy atom. The first kappa shape index (κ1) is 58.0. The maximum atomic E-state index is 14.4. The number of carbonyl (C=O) groups is 1. The van der Waals surface area contributed by atoms with E-state index in [9.17, 15) is 114 Å². The third-order valence-electron chi connectivity index (χ3n) is 9.51. The van der Waals surface area contributed by atoms with Crippen molar-refractivity contribution in [3.05, 3.63) is 69.8 Å². The Kier molecular flexibility index (Phi) is 19.5. The summed E-state index contributed by atoms with van der Waals surface area (Å²) in [4.78, 5) is 14.4. The fourth-order valence-electron chi connectivity index (χ4n) is 6.77. The minimum atomic E-state index is -5.62. The molecule has 2 aromatic carbocycles. The van der Waals surface area contributed by atoms with Gasteiger partial charge in [0, 0.05) is 11.1 Å². The number of benzene rings is 2. The molecule has 0 aromatic heterocycles. The summed E-state index contributed by atoms with van der Waals surface area (Å²) < 4.78 is 256. The van der Waals surface area contributed by atoms with Crippen molar-refractivity contribution in [3.63, 3.8) is 0 Å². The van der Waals surface area contributed by atoms with E-state index in [1.165, 1.54) is 30.3 Å². The molecule has 0 bridgehead atoms. The van der Waals surface area contributed by atoms with Gasteiger partial charge in [-0.05, 0) is 105 Å². The van der Waals surface area contributed by atoms with Crippen LogP contribution >= 0.6 is 0 Å². The molecular weight excluding hydrogens is 1050 g/mol. The van der Waals surface area contributed by atoms with Gasteiger partial charge in [0.05, 0.1) is 0 Å². The molecule has 0 radical (unpaired) electrons. The number of carbonyl (C=O) groups excluding carboxylic acids is 1. The lowest BCUT2D eigenvalue weighted by molar-refractivity contribution is 0.106. The molecule has 2 rings (SSSR count). The lowest BCUT2D eigenvalue weighted by atomic mass is 9.81. The lowest BCUT2D eigenvalue weighted by Crippen LogP contribution is -2.30. The average Bonchev–Trinajstić information content (AvgIpc) is 3.09. The molecule has 0 unspecified atom stereocenters. The summed E-state index contributed by atoms with van der Waals surface area (Å²) in [5, 5.41) is 13.1. The summed E-state index contributed by atoms with van der Waals surface area (Å²) in [5.74, 6) is -1.26. The standard InChI is InChI=1S/C30H43NO26S8/c32-30(29(31-33)19-8-2-1-3-9-19)24-18-20(10-4-14-25(58(34,35)36)59(37,38)39)21(11-5-15-26(60(40,41)42)61(43,44)45)22(12-6-16-27(62(46,47)48)63(49,50)51)23(24)13-7-17-28(64(52,53)54)65(55,56)57/h1-3,8-9,18,25-28,33H,4-7,10-17H2,(H,34,35,36)(H,37,38,39)(H,40,41,42)(H,43,44,45)(H,46,47,48)(H,49,50,51)(H,52,53,54)(H,55,56,57). The zero-order chi connectivity index (χ0) is 50.4. The number of ketones is 1. The van der Waals surface area contributed by atoms with Crippen LogP contribution in [0.25, 0.3) is 0 Å². The van der Waals surface area contributed by atoms with E-state index in [1.54, 1.807) is 0 Å². The van der Waals surface area contributed by atoms with Crippen LogP contribution in [0.5, 0.6) is 0 Å². The van der Waals surface area contributed by atoms with E-state index in [4.69, 9.17) is 0 Å². The normalized spacial score (nSPS) is 14.2. The highest BCUT2D eigenvalue weighted by Crippen LogP contribution is 2.33. The summed E-state index contributed by atoms with van der Waals surface area (Å²) >= 11 is 0. The van der Waals surface area contributed by atoms with E-state index >= 15 is 0 Å². The van der Waals surface area contributed by atoms with Gasteiger partial charge in [-0.1, -0.05) is 35.5 Å². The maximum absolute atomic E-state index is 14.4. The number of nitrogens with zero attached hydrogens (tertiary/aromatic N) is 1. The van der Waals surface area contributed by atoms with Gasteiger partial charge in [0.2, 0.25) is 24.1 Å². The van der Waals surface area contributed by atoms with Gasteiger partial charge in [0.15, 0.2) is 5.71 Å². The first-order chi connectivity index (χ1) is 29.2. The monoisotopic (exact) mass is 1090 g/mol. The second-order valence-electron chi connectivity index (χ2n) is 14.1. The van der Waals surface area contributed by atoms with Crippen LogP contribution in [0.1, 0.15) is 89.5 Å². The number of oxime groups is 1. The number of aryl methyl sites for hydroxylation is 1. The van der Waals surface area contributed by atoms with Crippen LogP contribution in [0.3, 0.4) is 0 Å². The molecule has 65 heavy (non-hydrogen) atoms. The first-order valence-electron chi connectivity index (χ1n) is 17.9. The summed E-state index contributed by atoms with van der Waals surface area (Å²) in [5.41, 5.74) is -2.65. The molecule has 0 heterocycles. The smallest absolute Gasteiger partial charge is 0.284 e. The number of rotatable bonds is 27. The van der Waals surface area contributed by atoms with Gasteiger partial charge < -0.3 is 5.21 Å². The quantitative estimate of drug-likeness (QED) is 0.0193. The number of hydrogen-bond donors (Lipinski definition) is 9. The minimum absolute atomic E-state index is 0.106. The third-order valence-corrected chi connectivity index (χ3v) is 22.5. The van der Waals surface area contributed by atoms with Gasteiger partial charge in [-0.25, -0.2) is 0 Å². The van der Waals surface area contributed by atoms with Gasteiger partial charge in [0.1, 0.15) is 0 Å². The van der Waals surface area contributed by atoms with Crippen molar-refractivity contribution in [2.24, 2.45) is 5.16 Å². The molecule has 0 aliphatic heterocycles. The Morgan fingerprint density at radius 2 is 0.723 bits per heavy atom. The van der Waals surface area contributed by atoms with E-state index in [-0.39, 0.29) is 27.8 Å². The van der Waals surface area contributed by atoms with Gasteiger partial charge >= 0.3 is 0 Å². The molecular formula is C30H43NO26S8. The Bertz CT molecular complexity index is 2900. The highest BCUT2D eigenvalue weighted by molar-refractivity contribution is 8.05. The van der Waals surface area contributed by atoms with E-state index in [0.29, 0.717) is 0 Å². The summed E-state index contributed by atoms with van der Waals surface area (Å²) in [7, 11) is -44.7. The Hall–Kier alpha value is -3.14. The number of Topliss-reactive ketones (excluding diaryl/α,β-unsaturated/α-hetero) is 1. The highest BCUT2D eigenvalue weighted by Gasteiger charge is 2.39. The van der Waals surface area contributed by atoms with Crippen molar-refractivity contribution in [2.45, 2.75) is 95.4 Å². The predicted molar refractivity (Wildman–Crippen MR) is 225 cm³/mol. The molecule has 0 saturated heterocycles. The van der Waals surface area contributed by atoms with E-state index < -0.39 is 193 Å². The van der Waals surface area contributed by atoms with Crippen LogP contribution in [0, 0.1) is 0 Å². The molecule has 27 nitrogen and oxygen atoms in total. The summed E-state index contributed by atoms with van der Waals surface area (Å²) in [6, 6.07) is 7.64. The Labute approximate surface area is 374 Å². The van der Waals surface area contributed by atoms with Crippen LogP contribution in [0.15, 0.2) is 41.6 Å². The van der Waals surface area contributed by atoms with Gasteiger partial charge in [-0.2, -0.15) is 67.3 Å². The molecule has 372 valence electrons. The van der Waals surface area contributed by atoms with Crippen molar-refractivity contribution >= 4 is 92.4 Å². The van der Waals surface area contributed by atoms with Crippen molar-refractivity contribution in [1.29, 1.82) is 0 Å². The van der Waals surface area contributed by atoms with Crippen molar-refractivity contribution < 1.29 is 114 Å². The molecule has 2 aromatic rings. The van der Waals surface area contributed by atoms with Crippen LogP contribution in [0.2, 0.25) is 0 Å². The van der Waals surface area contributed by atoms with E-state index in [1.807, 2.05) is 0 Å². The lowest BCUT2D eigenvalue weighted by Gasteiger charge is -2.24. The average molecular weight is 1090 g/mol. The second kappa shape index (κ2) is 21.9. The van der Waals surface area contributed by atoms with Gasteiger partial charge in [-0.3, -0.25) is 41.2 Å². The van der Waals surface area contributed by atoms with Gasteiger partial charge in [0.25, 0.3) is 80.9 Å². The van der Waals surface area contributed by atoms with Gasteiger partial charge in [-0.15, -0.1) is 0 Å². The summed E-state index contributed by atoms with van der Waals surface area (Å²) in [6.45, 7) is 0. The summed E-state index contributed by atoms with van der Waals surface area (Å²) in [6.07, 6.45) is -10.4. The zero-order valence-electron chi connectivity index (χ0n) is 32.9. The Morgan fingerprint density at radius 1 is 0.431 bits per heavy atom. The van der Waals surface area contributed by atoms with E-state index in [2.05, 4.69) is 5.16 Å². The molecule has 0 spiro atoms.